The molecule has 0 aliphatic carbocycles. The molecule has 0 saturated carbocycles. The molecule has 0 fully saturated rings. The molecule has 2 aromatic rings. The van der Waals surface area contributed by atoms with Crippen molar-refractivity contribution in [2.75, 3.05) is 11.9 Å². The van der Waals surface area contributed by atoms with E-state index in [0.29, 0.717) is 26.5 Å². The molecule has 0 bridgehead atoms. The zero-order chi connectivity index (χ0) is 17.5. The normalized spacial score (nSPS) is 11.0. The van der Waals surface area contributed by atoms with Gasteiger partial charge in [-0.05, 0) is 42.5 Å². The van der Waals surface area contributed by atoms with Gasteiger partial charge in [-0.2, -0.15) is 0 Å². The molecule has 0 aliphatic rings. The molecule has 0 radical (unpaired) electrons. The van der Waals surface area contributed by atoms with Gasteiger partial charge in [0.2, 0.25) is 0 Å². The highest BCUT2D eigenvalue weighted by Gasteiger charge is 2.06. The average molecular weight is 389 g/mol. The second kappa shape index (κ2) is 8.63. The summed E-state index contributed by atoms with van der Waals surface area (Å²) in [5, 5.41) is 7.28. The van der Waals surface area contributed by atoms with Crippen LogP contribution >= 0.6 is 34.8 Å². The molecule has 0 heterocycles. The fourth-order valence-electron chi connectivity index (χ4n) is 1.54. The minimum atomic E-state index is -0.801. The van der Waals surface area contributed by atoms with Gasteiger partial charge in [-0.15, -0.1) is 0 Å². The third kappa shape index (κ3) is 5.81. The molecule has 24 heavy (non-hydrogen) atoms. The number of rotatable bonds is 5. The van der Waals surface area contributed by atoms with E-state index in [4.69, 9.17) is 45.3 Å². The van der Waals surface area contributed by atoms with Crippen molar-refractivity contribution in [3.63, 3.8) is 0 Å². The molecule has 6 nitrogen and oxygen atoms in total. The number of hydrogen-bond donors (Lipinski definition) is 2. The predicted molar refractivity (Wildman–Crippen MR) is 95.1 cm³/mol. The Hall–Kier alpha value is -2.15. The fourth-order valence-corrected chi connectivity index (χ4v) is 2.13. The van der Waals surface area contributed by atoms with Gasteiger partial charge in [0.05, 0.1) is 5.02 Å². The number of carbonyl (C=O) groups is 1. The van der Waals surface area contributed by atoms with Crippen LogP contribution in [-0.4, -0.2) is 18.5 Å². The van der Waals surface area contributed by atoms with Gasteiger partial charge in [-0.1, -0.05) is 40.0 Å². The zero-order valence-corrected chi connectivity index (χ0v) is 14.4. The molecular formula is C15H12Cl3N3O3. The maximum atomic E-state index is 11.6. The number of oxime groups is 1. The minimum absolute atomic E-state index is 0.0488. The van der Waals surface area contributed by atoms with Crippen LogP contribution in [-0.2, 0) is 4.84 Å². The lowest BCUT2D eigenvalue weighted by Gasteiger charge is -2.07. The van der Waals surface area contributed by atoms with Crippen LogP contribution in [0, 0.1) is 0 Å². The Morgan fingerprint density at radius 3 is 2.42 bits per heavy atom. The molecule has 2 rings (SSSR count). The average Bonchev–Trinajstić information content (AvgIpc) is 2.54. The predicted octanol–water partition coefficient (Wildman–Crippen LogP) is 4.55. The number of nitrogens with zero attached hydrogens (tertiary/aromatic N) is 1. The first kappa shape index (κ1) is 18.2. The molecule has 0 unspecified atom stereocenters. The van der Waals surface area contributed by atoms with Crippen LogP contribution in [0.2, 0.25) is 15.1 Å². The summed E-state index contributed by atoms with van der Waals surface area (Å²) < 4.78 is 5.34. The summed E-state index contributed by atoms with van der Waals surface area (Å²) >= 11 is 17.5. The van der Waals surface area contributed by atoms with E-state index in [0.717, 1.165) is 0 Å². The monoisotopic (exact) mass is 387 g/mol. The molecular weight excluding hydrogens is 377 g/mol. The number of ether oxygens (including phenoxy) is 1. The van der Waals surface area contributed by atoms with Crippen LogP contribution in [0.5, 0.6) is 5.75 Å². The van der Waals surface area contributed by atoms with Crippen molar-refractivity contribution in [2.24, 2.45) is 10.9 Å². The van der Waals surface area contributed by atoms with Crippen molar-refractivity contribution < 1.29 is 14.4 Å². The third-order valence-corrected chi connectivity index (χ3v) is 3.39. The zero-order valence-electron chi connectivity index (χ0n) is 12.1. The van der Waals surface area contributed by atoms with Crippen molar-refractivity contribution in [1.82, 2.24) is 0 Å². The molecule has 0 atom stereocenters. The first-order chi connectivity index (χ1) is 11.4. The summed E-state index contributed by atoms with van der Waals surface area (Å²) in [6, 6.07) is 11.2. The third-order valence-electron chi connectivity index (χ3n) is 2.61. The minimum Gasteiger partial charge on any atom is -0.484 e. The highest BCUT2D eigenvalue weighted by molar-refractivity contribution is 6.35. The second-order valence-electron chi connectivity index (χ2n) is 4.46. The number of hydrogen-bond acceptors (Lipinski definition) is 4. The standard InChI is InChI=1S/C15H12Cl3N3O3/c16-9-1-4-11(5-2-9)20-15(22)24-21-14(19)8-23-13-6-3-10(17)7-12(13)18/h1-7H,8H2,(H2,19,21)(H,20,22). The van der Waals surface area contributed by atoms with Gasteiger partial charge in [-0.3, -0.25) is 10.2 Å². The highest BCUT2D eigenvalue weighted by atomic mass is 35.5. The van der Waals surface area contributed by atoms with Crippen molar-refractivity contribution in [3.05, 3.63) is 57.5 Å². The van der Waals surface area contributed by atoms with E-state index in [1.54, 1.807) is 36.4 Å². The van der Waals surface area contributed by atoms with Crippen molar-refractivity contribution in [3.8, 4) is 5.75 Å². The molecule has 1 amide bonds. The lowest BCUT2D eigenvalue weighted by atomic mass is 10.3. The van der Waals surface area contributed by atoms with E-state index in [1.807, 2.05) is 0 Å². The highest BCUT2D eigenvalue weighted by Crippen LogP contribution is 2.27. The lowest BCUT2D eigenvalue weighted by molar-refractivity contribution is 0.165. The van der Waals surface area contributed by atoms with E-state index in [2.05, 4.69) is 15.3 Å². The van der Waals surface area contributed by atoms with Crippen LogP contribution in [0.15, 0.2) is 47.6 Å². The van der Waals surface area contributed by atoms with Crippen LogP contribution in [0.1, 0.15) is 0 Å². The van der Waals surface area contributed by atoms with Crippen molar-refractivity contribution in [2.45, 2.75) is 0 Å². The first-order valence-electron chi connectivity index (χ1n) is 6.58. The molecule has 0 aromatic heterocycles. The molecule has 2 aromatic carbocycles. The van der Waals surface area contributed by atoms with Crippen LogP contribution in [0.3, 0.4) is 0 Å². The fraction of sp³-hybridized carbons (Fsp3) is 0.0667. The Bertz CT molecular complexity index is 751. The van der Waals surface area contributed by atoms with E-state index in [1.165, 1.54) is 6.07 Å². The Balaban J connectivity index is 1.82. The number of carbonyl (C=O) groups excluding carboxylic acids is 1. The molecule has 126 valence electrons. The lowest BCUT2D eigenvalue weighted by Crippen LogP contribution is -2.23. The largest absolute Gasteiger partial charge is 0.484 e. The molecule has 0 spiro atoms. The number of halogens is 3. The van der Waals surface area contributed by atoms with E-state index in [9.17, 15) is 4.79 Å². The first-order valence-corrected chi connectivity index (χ1v) is 7.71. The quantitative estimate of drug-likeness (QED) is 0.340. The topological polar surface area (TPSA) is 85.9 Å². The Kier molecular flexibility index (Phi) is 6.54. The molecule has 0 aliphatic heterocycles. The smallest absolute Gasteiger partial charge is 0.437 e. The molecule has 3 N–H and O–H groups in total. The second-order valence-corrected chi connectivity index (χ2v) is 5.74. The maximum absolute atomic E-state index is 11.6. The Morgan fingerprint density at radius 1 is 1.08 bits per heavy atom. The van der Waals surface area contributed by atoms with Gasteiger partial charge in [0.25, 0.3) is 0 Å². The SMILES string of the molecule is N/C(COc1ccc(Cl)cc1Cl)=N\OC(=O)Nc1ccc(Cl)cc1. The van der Waals surface area contributed by atoms with Gasteiger partial charge in [0, 0.05) is 15.7 Å². The van der Waals surface area contributed by atoms with Crippen molar-refractivity contribution in [1.29, 1.82) is 0 Å². The number of nitrogens with one attached hydrogen (secondary N) is 1. The van der Waals surface area contributed by atoms with Gasteiger partial charge in [-0.25, -0.2) is 4.79 Å². The summed E-state index contributed by atoms with van der Waals surface area (Å²) in [6.45, 7) is -0.115. The van der Waals surface area contributed by atoms with Crippen LogP contribution in [0.25, 0.3) is 0 Å². The van der Waals surface area contributed by atoms with Gasteiger partial charge in [0.1, 0.15) is 12.4 Å². The number of benzene rings is 2. The Labute approximate surface area is 153 Å². The number of anilines is 1. The van der Waals surface area contributed by atoms with E-state index >= 15 is 0 Å². The number of amidine groups is 1. The van der Waals surface area contributed by atoms with E-state index < -0.39 is 6.09 Å². The summed E-state index contributed by atoms with van der Waals surface area (Å²) in [5.41, 5.74) is 6.10. The molecule has 9 heteroatoms. The summed E-state index contributed by atoms with van der Waals surface area (Å²) in [6.07, 6.45) is -0.801. The van der Waals surface area contributed by atoms with E-state index in [-0.39, 0.29) is 12.4 Å². The van der Waals surface area contributed by atoms with Crippen LogP contribution < -0.4 is 15.8 Å². The number of nitrogens with two attached hydrogens (primary N) is 1. The summed E-state index contributed by atoms with van der Waals surface area (Å²) in [5.74, 6) is 0.331. The maximum Gasteiger partial charge on any atom is 0.437 e. The summed E-state index contributed by atoms with van der Waals surface area (Å²) in [7, 11) is 0. The van der Waals surface area contributed by atoms with Crippen molar-refractivity contribution >= 4 is 52.4 Å². The summed E-state index contributed by atoms with van der Waals surface area (Å²) in [4.78, 5) is 16.2. The number of amides is 1. The van der Waals surface area contributed by atoms with Gasteiger partial charge < -0.3 is 10.5 Å². The van der Waals surface area contributed by atoms with Crippen LogP contribution in [0.4, 0.5) is 10.5 Å². The molecule has 0 saturated heterocycles. The van der Waals surface area contributed by atoms with Gasteiger partial charge >= 0.3 is 6.09 Å². The van der Waals surface area contributed by atoms with Gasteiger partial charge in [0.15, 0.2) is 5.84 Å². The Morgan fingerprint density at radius 2 is 1.75 bits per heavy atom.